The molecule has 2 aromatic rings. The second-order valence-corrected chi connectivity index (χ2v) is 5.14. The zero-order valence-corrected chi connectivity index (χ0v) is 12.8. The summed E-state index contributed by atoms with van der Waals surface area (Å²) in [4.78, 5) is 18.4. The highest BCUT2D eigenvalue weighted by atomic mass is 19.1. The van der Waals surface area contributed by atoms with Gasteiger partial charge in [-0.1, -0.05) is 13.3 Å². The molecule has 1 aromatic carbocycles. The predicted octanol–water partition coefficient (Wildman–Crippen LogP) is 3.71. The van der Waals surface area contributed by atoms with E-state index >= 15 is 0 Å². The molecule has 0 aliphatic heterocycles. The number of amides is 1. The SMILES string of the molecule is CCCCN(C)c1ccnc(C(=O)Nc2ccc(F)cc2)c1. The van der Waals surface area contributed by atoms with Gasteiger partial charge >= 0.3 is 0 Å². The average molecular weight is 301 g/mol. The zero-order valence-electron chi connectivity index (χ0n) is 12.8. The van der Waals surface area contributed by atoms with E-state index in [0.29, 0.717) is 11.4 Å². The van der Waals surface area contributed by atoms with Crippen molar-refractivity contribution >= 4 is 17.3 Å². The molecule has 22 heavy (non-hydrogen) atoms. The molecular weight excluding hydrogens is 281 g/mol. The van der Waals surface area contributed by atoms with E-state index in [-0.39, 0.29) is 11.7 Å². The molecule has 1 heterocycles. The van der Waals surface area contributed by atoms with Crippen LogP contribution in [0.5, 0.6) is 0 Å². The molecule has 5 heteroatoms. The number of carbonyl (C=O) groups excluding carboxylic acids is 1. The molecule has 0 unspecified atom stereocenters. The monoisotopic (exact) mass is 301 g/mol. The van der Waals surface area contributed by atoms with Gasteiger partial charge in [0.2, 0.25) is 0 Å². The third-order valence-corrected chi connectivity index (χ3v) is 3.37. The molecule has 0 radical (unpaired) electrons. The number of hydrogen-bond donors (Lipinski definition) is 1. The smallest absolute Gasteiger partial charge is 0.274 e. The molecule has 1 amide bonds. The van der Waals surface area contributed by atoms with Gasteiger partial charge in [0.1, 0.15) is 11.5 Å². The maximum absolute atomic E-state index is 12.9. The van der Waals surface area contributed by atoms with E-state index in [2.05, 4.69) is 22.1 Å². The Balaban J connectivity index is 2.08. The van der Waals surface area contributed by atoms with Crippen molar-refractivity contribution in [3.05, 3.63) is 54.1 Å². The van der Waals surface area contributed by atoms with Gasteiger partial charge in [0, 0.05) is 31.2 Å². The Hall–Kier alpha value is -2.43. The quantitative estimate of drug-likeness (QED) is 0.884. The summed E-state index contributed by atoms with van der Waals surface area (Å²) < 4.78 is 12.9. The van der Waals surface area contributed by atoms with Crippen molar-refractivity contribution in [2.75, 3.05) is 23.8 Å². The predicted molar refractivity (Wildman–Crippen MR) is 86.8 cm³/mol. The number of carbonyl (C=O) groups is 1. The van der Waals surface area contributed by atoms with Gasteiger partial charge in [-0.2, -0.15) is 0 Å². The van der Waals surface area contributed by atoms with E-state index in [4.69, 9.17) is 0 Å². The third kappa shape index (κ3) is 4.28. The fraction of sp³-hybridized carbons (Fsp3) is 0.294. The van der Waals surface area contributed by atoms with Crippen LogP contribution in [-0.2, 0) is 0 Å². The minimum Gasteiger partial charge on any atom is -0.374 e. The highest BCUT2D eigenvalue weighted by Crippen LogP contribution is 2.15. The first kappa shape index (κ1) is 15.9. The molecule has 0 saturated heterocycles. The summed E-state index contributed by atoms with van der Waals surface area (Å²) in [7, 11) is 1.99. The first-order valence-electron chi connectivity index (χ1n) is 7.34. The van der Waals surface area contributed by atoms with Gasteiger partial charge in [-0.05, 0) is 42.8 Å². The Labute approximate surface area is 130 Å². The summed E-state index contributed by atoms with van der Waals surface area (Å²) in [5, 5.41) is 2.71. The van der Waals surface area contributed by atoms with Crippen LogP contribution in [0.4, 0.5) is 15.8 Å². The van der Waals surface area contributed by atoms with Crippen LogP contribution < -0.4 is 10.2 Å². The number of nitrogens with zero attached hydrogens (tertiary/aromatic N) is 2. The van der Waals surface area contributed by atoms with Crippen LogP contribution in [0, 0.1) is 5.82 Å². The van der Waals surface area contributed by atoms with Gasteiger partial charge in [-0.25, -0.2) is 4.39 Å². The number of rotatable bonds is 6. The first-order valence-corrected chi connectivity index (χ1v) is 7.34. The van der Waals surface area contributed by atoms with E-state index in [9.17, 15) is 9.18 Å². The van der Waals surface area contributed by atoms with Crippen molar-refractivity contribution in [3.8, 4) is 0 Å². The lowest BCUT2D eigenvalue weighted by Gasteiger charge is -2.19. The van der Waals surface area contributed by atoms with Crippen molar-refractivity contribution in [1.82, 2.24) is 4.98 Å². The zero-order chi connectivity index (χ0) is 15.9. The topological polar surface area (TPSA) is 45.2 Å². The van der Waals surface area contributed by atoms with E-state index in [1.165, 1.54) is 24.3 Å². The molecule has 0 aliphatic carbocycles. The third-order valence-electron chi connectivity index (χ3n) is 3.37. The van der Waals surface area contributed by atoms with Crippen molar-refractivity contribution in [2.24, 2.45) is 0 Å². The number of anilines is 2. The van der Waals surface area contributed by atoms with Crippen LogP contribution in [0.15, 0.2) is 42.6 Å². The van der Waals surface area contributed by atoms with Gasteiger partial charge in [-0.3, -0.25) is 9.78 Å². The molecule has 1 aromatic heterocycles. The van der Waals surface area contributed by atoms with E-state index in [1.54, 1.807) is 12.3 Å². The maximum atomic E-state index is 12.9. The second kappa shape index (κ2) is 7.54. The van der Waals surface area contributed by atoms with Gasteiger partial charge in [-0.15, -0.1) is 0 Å². The van der Waals surface area contributed by atoms with Crippen molar-refractivity contribution in [2.45, 2.75) is 19.8 Å². The largest absolute Gasteiger partial charge is 0.374 e. The van der Waals surface area contributed by atoms with Crippen molar-refractivity contribution in [3.63, 3.8) is 0 Å². The highest BCUT2D eigenvalue weighted by molar-refractivity contribution is 6.03. The molecule has 0 aliphatic rings. The van der Waals surface area contributed by atoms with Crippen molar-refractivity contribution in [1.29, 1.82) is 0 Å². The Morgan fingerprint density at radius 3 is 2.68 bits per heavy atom. The number of benzene rings is 1. The summed E-state index contributed by atoms with van der Waals surface area (Å²) in [6, 6.07) is 9.28. The first-order chi connectivity index (χ1) is 10.6. The van der Waals surface area contributed by atoms with Gasteiger partial charge in [0.05, 0.1) is 0 Å². The Kier molecular flexibility index (Phi) is 5.47. The minimum atomic E-state index is -0.337. The summed E-state index contributed by atoms with van der Waals surface area (Å²) in [6.45, 7) is 3.07. The minimum absolute atomic E-state index is 0.308. The van der Waals surface area contributed by atoms with E-state index < -0.39 is 0 Å². The summed E-state index contributed by atoms with van der Waals surface area (Å²) in [6.07, 6.45) is 3.83. The van der Waals surface area contributed by atoms with Gasteiger partial charge < -0.3 is 10.2 Å². The molecule has 4 nitrogen and oxygen atoms in total. The molecule has 116 valence electrons. The lowest BCUT2D eigenvalue weighted by atomic mass is 10.2. The van der Waals surface area contributed by atoms with Crippen LogP contribution in [-0.4, -0.2) is 24.5 Å². The molecule has 0 atom stereocenters. The molecule has 0 saturated carbocycles. The van der Waals surface area contributed by atoms with E-state index in [1.807, 2.05) is 13.1 Å². The highest BCUT2D eigenvalue weighted by Gasteiger charge is 2.10. The standard InChI is InChI=1S/C17H20FN3O/c1-3-4-11-21(2)15-9-10-19-16(12-15)17(22)20-14-7-5-13(18)6-8-14/h5-10,12H,3-4,11H2,1-2H3,(H,20,22). The second-order valence-electron chi connectivity index (χ2n) is 5.14. The van der Waals surface area contributed by atoms with Crippen LogP contribution >= 0.6 is 0 Å². The van der Waals surface area contributed by atoms with Gasteiger partial charge in [0.15, 0.2) is 0 Å². The van der Waals surface area contributed by atoms with Crippen molar-refractivity contribution < 1.29 is 9.18 Å². The molecule has 2 rings (SSSR count). The average Bonchev–Trinajstić information content (AvgIpc) is 2.54. The Morgan fingerprint density at radius 2 is 2.00 bits per heavy atom. The molecule has 0 spiro atoms. The fourth-order valence-electron chi connectivity index (χ4n) is 2.03. The van der Waals surface area contributed by atoms with Crippen LogP contribution in [0.3, 0.4) is 0 Å². The Bertz CT molecular complexity index is 628. The summed E-state index contributed by atoms with van der Waals surface area (Å²) in [5.74, 6) is -0.645. The maximum Gasteiger partial charge on any atom is 0.274 e. The molecular formula is C17H20FN3O. The fourth-order valence-corrected chi connectivity index (χ4v) is 2.03. The van der Waals surface area contributed by atoms with Crippen LogP contribution in [0.2, 0.25) is 0 Å². The molecule has 0 fully saturated rings. The number of hydrogen-bond acceptors (Lipinski definition) is 3. The Morgan fingerprint density at radius 1 is 1.27 bits per heavy atom. The molecule has 1 N–H and O–H groups in total. The molecule has 0 bridgehead atoms. The van der Waals surface area contributed by atoms with E-state index in [0.717, 1.165) is 25.1 Å². The lowest BCUT2D eigenvalue weighted by molar-refractivity contribution is 0.102. The number of pyridine rings is 1. The number of nitrogens with one attached hydrogen (secondary N) is 1. The summed E-state index contributed by atoms with van der Waals surface area (Å²) in [5.41, 5.74) is 1.83. The number of aromatic nitrogens is 1. The number of unbranched alkanes of at least 4 members (excludes halogenated alkanes) is 1. The van der Waals surface area contributed by atoms with Crippen LogP contribution in [0.25, 0.3) is 0 Å². The lowest BCUT2D eigenvalue weighted by Crippen LogP contribution is -2.20. The number of halogens is 1. The van der Waals surface area contributed by atoms with Gasteiger partial charge in [0.25, 0.3) is 5.91 Å². The van der Waals surface area contributed by atoms with Crippen LogP contribution in [0.1, 0.15) is 30.3 Å². The summed E-state index contributed by atoms with van der Waals surface area (Å²) >= 11 is 0. The normalized spacial score (nSPS) is 10.3.